The average Bonchev–Trinajstić information content (AvgIpc) is 3.19. The first kappa shape index (κ1) is 36.5. The van der Waals surface area contributed by atoms with Crippen LogP contribution >= 0.6 is 0 Å². The smallest absolute Gasteiger partial charge is 0.254 e. The molecule has 0 aliphatic rings. The van der Waals surface area contributed by atoms with Crippen LogP contribution in [-0.2, 0) is 17.6 Å². The van der Waals surface area contributed by atoms with Crippen LogP contribution in [-0.4, -0.2) is 61.7 Å². The Bertz CT molecular complexity index is 1850. The minimum Gasteiger partial charge on any atom is -0.497 e. The molecule has 0 radical (unpaired) electrons. The predicted molar refractivity (Wildman–Crippen MR) is 201 cm³/mol. The number of carbonyl (C=O) groups is 1. The van der Waals surface area contributed by atoms with Gasteiger partial charge < -0.3 is 38.2 Å². The molecule has 5 aromatic carbocycles. The lowest BCUT2D eigenvalue weighted by Gasteiger charge is -2.37. The van der Waals surface area contributed by atoms with Crippen LogP contribution in [0.2, 0.25) is 0 Å². The van der Waals surface area contributed by atoms with Gasteiger partial charge in [0.2, 0.25) is 0 Å². The second-order valence-corrected chi connectivity index (χ2v) is 11.8. The maximum atomic E-state index is 15.3. The average molecular weight is 691 g/mol. The molecular formula is C42H46N2O7. The first-order valence-corrected chi connectivity index (χ1v) is 16.8. The van der Waals surface area contributed by atoms with Gasteiger partial charge in [0.1, 0.15) is 17.5 Å². The minimum atomic E-state index is -0.674. The largest absolute Gasteiger partial charge is 0.497 e. The van der Waals surface area contributed by atoms with Crippen LogP contribution in [0, 0.1) is 0 Å². The van der Waals surface area contributed by atoms with Crippen LogP contribution in [0.5, 0.6) is 34.5 Å². The maximum Gasteiger partial charge on any atom is 0.254 e. The van der Waals surface area contributed by atoms with Gasteiger partial charge in [0, 0.05) is 24.5 Å². The molecule has 1 atom stereocenters. The van der Waals surface area contributed by atoms with E-state index in [0.29, 0.717) is 54.7 Å². The lowest BCUT2D eigenvalue weighted by molar-refractivity contribution is -0.120. The van der Waals surface area contributed by atoms with E-state index < -0.39 is 6.04 Å². The molecule has 1 amide bonds. The van der Waals surface area contributed by atoms with Crippen molar-refractivity contribution in [3.63, 3.8) is 0 Å². The van der Waals surface area contributed by atoms with Crippen LogP contribution < -0.4 is 38.2 Å². The molecule has 0 aromatic heterocycles. The third-order valence-corrected chi connectivity index (χ3v) is 8.88. The number of hydrogen-bond acceptors (Lipinski definition) is 8. The van der Waals surface area contributed by atoms with Crippen molar-refractivity contribution in [2.24, 2.45) is 0 Å². The Morgan fingerprint density at radius 1 is 0.510 bits per heavy atom. The van der Waals surface area contributed by atoms with E-state index >= 15 is 4.79 Å². The van der Waals surface area contributed by atoms with E-state index in [1.807, 2.05) is 120 Å². The quantitative estimate of drug-likeness (QED) is 0.0979. The van der Waals surface area contributed by atoms with Crippen molar-refractivity contribution in [3.05, 3.63) is 132 Å². The summed E-state index contributed by atoms with van der Waals surface area (Å²) in [7, 11) is 9.76. The van der Waals surface area contributed by atoms with Crippen LogP contribution in [0.3, 0.4) is 0 Å². The van der Waals surface area contributed by atoms with Crippen LogP contribution in [0.4, 0.5) is 11.4 Å². The second-order valence-electron chi connectivity index (χ2n) is 11.8. The standard InChI is InChI=1S/C42H46N2O7/c1-46-35-18-14-33(15-19-35)43(26-24-30-12-22-37(48-3)39(28-30)50-5)41(32-10-8-7-9-11-32)42(45)44(34-16-20-36(47-2)21-17-34)27-25-31-13-23-38(49-4)40(29-31)51-6/h7-23,28-29,41H,24-27H2,1-6H3. The molecule has 51 heavy (non-hydrogen) atoms. The van der Waals surface area contributed by atoms with Gasteiger partial charge in [-0.2, -0.15) is 0 Å². The lowest BCUT2D eigenvalue weighted by atomic mass is 10.00. The molecule has 0 aliphatic carbocycles. The fraction of sp³-hybridized carbons (Fsp3) is 0.262. The number of nitrogens with zero attached hydrogens (tertiary/aromatic N) is 2. The summed E-state index contributed by atoms with van der Waals surface area (Å²) in [6.07, 6.45) is 1.21. The zero-order valence-electron chi connectivity index (χ0n) is 30.1. The zero-order chi connectivity index (χ0) is 36.2. The summed E-state index contributed by atoms with van der Waals surface area (Å²) in [5.74, 6) is 3.97. The third-order valence-electron chi connectivity index (χ3n) is 8.88. The summed E-state index contributed by atoms with van der Waals surface area (Å²) >= 11 is 0. The highest BCUT2D eigenvalue weighted by atomic mass is 16.5. The number of rotatable bonds is 17. The van der Waals surface area contributed by atoms with Gasteiger partial charge in [-0.1, -0.05) is 42.5 Å². The summed E-state index contributed by atoms with van der Waals surface area (Å²) < 4.78 is 33.1. The van der Waals surface area contributed by atoms with E-state index in [2.05, 4.69) is 4.90 Å². The molecule has 0 aliphatic heterocycles. The Morgan fingerprint density at radius 2 is 0.980 bits per heavy atom. The van der Waals surface area contributed by atoms with E-state index in [0.717, 1.165) is 33.8 Å². The fourth-order valence-electron chi connectivity index (χ4n) is 6.11. The Balaban J connectivity index is 1.58. The van der Waals surface area contributed by atoms with E-state index in [-0.39, 0.29) is 5.91 Å². The topological polar surface area (TPSA) is 78.9 Å². The van der Waals surface area contributed by atoms with Crippen molar-refractivity contribution in [2.75, 3.05) is 65.5 Å². The normalized spacial score (nSPS) is 11.3. The Hall–Kier alpha value is -5.83. The zero-order valence-corrected chi connectivity index (χ0v) is 30.1. The van der Waals surface area contributed by atoms with Crippen molar-refractivity contribution >= 4 is 17.3 Å². The van der Waals surface area contributed by atoms with E-state index in [1.165, 1.54) is 0 Å². The fourth-order valence-corrected chi connectivity index (χ4v) is 6.11. The predicted octanol–water partition coefficient (Wildman–Crippen LogP) is 7.80. The number of benzene rings is 5. The third kappa shape index (κ3) is 8.86. The molecule has 0 heterocycles. The number of anilines is 2. The molecule has 0 fully saturated rings. The highest BCUT2D eigenvalue weighted by molar-refractivity contribution is 6.00. The number of amides is 1. The van der Waals surface area contributed by atoms with Gasteiger partial charge in [0.05, 0.1) is 42.7 Å². The SMILES string of the molecule is COc1ccc(N(CCc2ccc(OC)c(OC)c2)C(=O)C(c2ccccc2)N(CCc2ccc(OC)c(OC)c2)c2ccc(OC)cc2)cc1. The van der Waals surface area contributed by atoms with Crippen molar-refractivity contribution < 1.29 is 33.2 Å². The van der Waals surface area contributed by atoms with Crippen molar-refractivity contribution in [1.29, 1.82) is 0 Å². The highest BCUT2D eigenvalue weighted by Gasteiger charge is 2.33. The Morgan fingerprint density at radius 3 is 1.45 bits per heavy atom. The van der Waals surface area contributed by atoms with Crippen LogP contribution in [0.1, 0.15) is 22.7 Å². The second kappa shape index (κ2) is 17.7. The summed E-state index contributed by atoms with van der Waals surface area (Å²) in [6.45, 7) is 0.940. The van der Waals surface area contributed by atoms with Crippen LogP contribution in [0.15, 0.2) is 115 Å². The number of ether oxygens (including phenoxy) is 6. The number of carbonyl (C=O) groups excluding carboxylic acids is 1. The Labute approximate surface area is 300 Å². The first-order valence-electron chi connectivity index (χ1n) is 16.8. The van der Waals surface area contributed by atoms with Gasteiger partial charge in [-0.05, 0) is 102 Å². The molecule has 0 bridgehead atoms. The summed E-state index contributed by atoms with van der Waals surface area (Å²) in [5.41, 5.74) is 4.57. The molecule has 0 saturated heterocycles. The number of hydrogen-bond donors (Lipinski definition) is 0. The van der Waals surface area contributed by atoms with Gasteiger partial charge in [0.15, 0.2) is 23.0 Å². The van der Waals surface area contributed by atoms with Gasteiger partial charge in [0.25, 0.3) is 5.91 Å². The van der Waals surface area contributed by atoms with Crippen LogP contribution in [0.25, 0.3) is 0 Å². The summed E-state index contributed by atoms with van der Waals surface area (Å²) in [5, 5.41) is 0. The van der Waals surface area contributed by atoms with Crippen molar-refractivity contribution in [3.8, 4) is 34.5 Å². The molecule has 0 spiro atoms. The molecule has 5 aromatic rings. The van der Waals surface area contributed by atoms with Gasteiger partial charge in [-0.15, -0.1) is 0 Å². The van der Waals surface area contributed by atoms with Gasteiger partial charge in [-0.3, -0.25) is 4.79 Å². The first-order chi connectivity index (χ1) is 24.9. The summed E-state index contributed by atoms with van der Waals surface area (Å²) in [4.78, 5) is 19.4. The molecule has 0 N–H and O–H groups in total. The number of methoxy groups -OCH3 is 6. The molecule has 9 heteroatoms. The minimum absolute atomic E-state index is 0.0741. The summed E-state index contributed by atoms with van der Waals surface area (Å²) in [6, 6.07) is 36.5. The van der Waals surface area contributed by atoms with Gasteiger partial charge >= 0.3 is 0 Å². The Kier molecular flexibility index (Phi) is 12.7. The molecule has 266 valence electrons. The molecule has 9 nitrogen and oxygen atoms in total. The van der Waals surface area contributed by atoms with Gasteiger partial charge in [-0.25, -0.2) is 0 Å². The molecular weight excluding hydrogens is 644 g/mol. The highest BCUT2D eigenvalue weighted by Crippen LogP contribution is 2.35. The lowest BCUT2D eigenvalue weighted by Crippen LogP contribution is -2.45. The monoisotopic (exact) mass is 690 g/mol. The van der Waals surface area contributed by atoms with E-state index in [9.17, 15) is 0 Å². The molecule has 0 saturated carbocycles. The van der Waals surface area contributed by atoms with Crippen molar-refractivity contribution in [2.45, 2.75) is 18.9 Å². The van der Waals surface area contributed by atoms with Crippen molar-refractivity contribution in [1.82, 2.24) is 0 Å². The molecule has 5 rings (SSSR count). The van der Waals surface area contributed by atoms with E-state index in [4.69, 9.17) is 28.4 Å². The maximum absolute atomic E-state index is 15.3. The van der Waals surface area contributed by atoms with E-state index in [1.54, 1.807) is 42.7 Å². The molecule has 1 unspecified atom stereocenters.